The number of hydrogen-bond donors (Lipinski definition) is 1. The molecule has 1 amide bonds. The summed E-state index contributed by atoms with van der Waals surface area (Å²) in [6.07, 6.45) is 0. The number of aromatic nitrogens is 1. The normalized spacial score (nSPS) is 10.2. The number of non-ortho nitro benzene ring substituents is 1. The molecule has 0 bridgehead atoms. The van der Waals surface area contributed by atoms with E-state index in [4.69, 9.17) is 34.8 Å². The van der Waals surface area contributed by atoms with Crippen LogP contribution in [0.15, 0.2) is 30.3 Å². The average Bonchev–Trinajstić information content (AvgIpc) is 2.39. The highest BCUT2D eigenvalue weighted by Gasteiger charge is 2.14. The van der Waals surface area contributed by atoms with Gasteiger partial charge in [-0.1, -0.05) is 34.8 Å². The summed E-state index contributed by atoms with van der Waals surface area (Å²) in [6, 6.07) is 6.34. The van der Waals surface area contributed by atoms with Gasteiger partial charge in [0.15, 0.2) is 0 Å². The number of nitrogens with zero attached hydrogens (tertiary/aromatic N) is 2. The molecular formula is C12H6Cl3N3O3. The van der Waals surface area contributed by atoms with E-state index in [0.29, 0.717) is 0 Å². The number of halogens is 3. The van der Waals surface area contributed by atoms with Crippen molar-refractivity contribution in [3.63, 3.8) is 0 Å². The summed E-state index contributed by atoms with van der Waals surface area (Å²) >= 11 is 17.3. The molecule has 0 radical (unpaired) electrons. The van der Waals surface area contributed by atoms with Gasteiger partial charge in [0.1, 0.15) is 10.3 Å². The van der Waals surface area contributed by atoms with Crippen LogP contribution >= 0.6 is 34.8 Å². The van der Waals surface area contributed by atoms with E-state index >= 15 is 0 Å². The number of nitro groups is 1. The van der Waals surface area contributed by atoms with E-state index in [-0.39, 0.29) is 32.3 Å². The monoisotopic (exact) mass is 345 g/mol. The summed E-state index contributed by atoms with van der Waals surface area (Å²) < 4.78 is 0. The molecule has 0 saturated carbocycles. The molecule has 0 fully saturated rings. The quantitative estimate of drug-likeness (QED) is 0.512. The van der Waals surface area contributed by atoms with Crippen LogP contribution in [0, 0.1) is 10.1 Å². The lowest BCUT2D eigenvalue weighted by molar-refractivity contribution is -0.384. The third kappa shape index (κ3) is 3.81. The van der Waals surface area contributed by atoms with E-state index < -0.39 is 10.8 Å². The highest BCUT2D eigenvalue weighted by atomic mass is 35.5. The second kappa shape index (κ2) is 6.26. The fourth-order valence-corrected chi connectivity index (χ4v) is 2.14. The van der Waals surface area contributed by atoms with Crippen LogP contribution in [0.3, 0.4) is 0 Å². The van der Waals surface area contributed by atoms with Crippen molar-refractivity contribution in [2.75, 3.05) is 5.32 Å². The lowest BCUT2D eigenvalue weighted by Gasteiger charge is -2.07. The summed E-state index contributed by atoms with van der Waals surface area (Å²) in [7, 11) is 0. The summed E-state index contributed by atoms with van der Waals surface area (Å²) in [5.41, 5.74) is 0.0722. The van der Waals surface area contributed by atoms with Gasteiger partial charge in [-0.3, -0.25) is 14.9 Å². The highest BCUT2D eigenvalue weighted by molar-refractivity contribution is 6.34. The number of carbonyl (C=O) groups excluding carboxylic acids is 1. The number of hydrogen-bond acceptors (Lipinski definition) is 4. The summed E-state index contributed by atoms with van der Waals surface area (Å²) in [6.45, 7) is 0. The first kappa shape index (κ1) is 15.5. The molecule has 21 heavy (non-hydrogen) atoms. The van der Waals surface area contributed by atoms with Crippen LogP contribution in [0.5, 0.6) is 0 Å². The van der Waals surface area contributed by atoms with Crippen LogP contribution in [0.1, 0.15) is 10.4 Å². The zero-order valence-corrected chi connectivity index (χ0v) is 12.4. The van der Waals surface area contributed by atoms with Gasteiger partial charge in [-0.05, 0) is 18.2 Å². The molecule has 0 atom stereocenters. The topological polar surface area (TPSA) is 85.1 Å². The molecular weight excluding hydrogens is 341 g/mol. The zero-order chi connectivity index (χ0) is 15.6. The average molecular weight is 347 g/mol. The summed E-state index contributed by atoms with van der Waals surface area (Å²) in [5, 5.41) is 13.4. The molecule has 9 heteroatoms. The highest BCUT2D eigenvalue weighted by Crippen LogP contribution is 2.27. The summed E-state index contributed by atoms with van der Waals surface area (Å²) in [5.74, 6) is -0.566. The predicted molar refractivity (Wildman–Crippen MR) is 80.3 cm³/mol. The molecule has 0 aliphatic heterocycles. The molecule has 0 aliphatic rings. The molecule has 0 spiro atoms. The second-order valence-electron chi connectivity index (χ2n) is 3.88. The Morgan fingerprint density at radius 2 is 1.76 bits per heavy atom. The van der Waals surface area contributed by atoms with Crippen LogP contribution in [0.25, 0.3) is 0 Å². The molecule has 0 unspecified atom stereocenters. The fourth-order valence-electron chi connectivity index (χ4n) is 1.51. The molecule has 1 N–H and O–H groups in total. The Morgan fingerprint density at radius 3 is 2.33 bits per heavy atom. The maximum Gasteiger partial charge on any atom is 0.271 e. The third-order valence-electron chi connectivity index (χ3n) is 2.43. The number of rotatable bonds is 3. The van der Waals surface area contributed by atoms with Gasteiger partial charge in [0.05, 0.1) is 15.6 Å². The maximum atomic E-state index is 12.1. The second-order valence-corrected chi connectivity index (χ2v) is 5.06. The lowest BCUT2D eigenvalue weighted by Crippen LogP contribution is -2.12. The van der Waals surface area contributed by atoms with Gasteiger partial charge >= 0.3 is 0 Å². The number of nitrogens with one attached hydrogen (secondary N) is 1. The first-order chi connectivity index (χ1) is 9.86. The Morgan fingerprint density at radius 1 is 1.14 bits per heavy atom. The van der Waals surface area contributed by atoms with E-state index in [9.17, 15) is 14.9 Å². The van der Waals surface area contributed by atoms with Gasteiger partial charge in [0.25, 0.3) is 11.6 Å². The predicted octanol–water partition coefficient (Wildman–Crippen LogP) is 4.20. The smallest absolute Gasteiger partial charge is 0.271 e. The number of nitro benzene ring substituents is 1. The number of amides is 1. The third-order valence-corrected chi connectivity index (χ3v) is 3.15. The molecule has 0 saturated heterocycles. The molecule has 108 valence electrons. The van der Waals surface area contributed by atoms with E-state index in [2.05, 4.69) is 10.3 Å². The Labute approximate surface area is 133 Å². The molecule has 1 heterocycles. The van der Waals surface area contributed by atoms with Crippen LogP contribution in [0.4, 0.5) is 11.4 Å². The largest absolute Gasteiger partial charge is 0.320 e. The minimum Gasteiger partial charge on any atom is -0.320 e. The molecule has 2 aromatic rings. The number of anilines is 1. The molecule has 0 aliphatic carbocycles. The minimum absolute atomic E-state index is 0.0535. The standard InChI is InChI=1S/C12H6Cl3N3O3/c13-8-2-1-7(18(20)21)5-9(8)16-12(19)6-3-10(14)17-11(15)4-6/h1-5H,(H,16,19). The van der Waals surface area contributed by atoms with Crippen molar-refractivity contribution in [3.05, 3.63) is 61.3 Å². The first-order valence-electron chi connectivity index (χ1n) is 5.45. The van der Waals surface area contributed by atoms with Gasteiger partial charge in [-0.15, -0.1) is 0 Å². The van der Waals surface area contributed by atoms with E-state index in [0.717, 1.165) is 6.07 Å². The van der Waals surface area contributed by atoms with Crippen molar-refractivity contribution in [1.29, 1.82) is 0 Å². The molecule has 1 aromatic heterocycles. The van der Waals surface area contributed by atoms with Crippen molar-refractivity contribution in [2.45, 2.75) is 0 Å². The van der Waals surface area contributed by atoms with E-state index in [1.807, 2.05) is 0 Å². The van der Waals surface area contributed by atoms with Crippen molar-refractivity contribution in [2.24, 2.45) is 0 Å². The Kier molecular flexibility index (Phi) is 4.62. The number of benzene rings is 1. The molecule has 2 rings (SSSR count). The lowest BCUT2D eigenvalue weighted by atomic mass is 10.2. The van der Waals surface area contributed by atoms with Crippen LogP contribution in [-0.4, -0.2) is 15.8 Å². The van der Waals surface area contributed by atoms with Crippen LogP contribution in [0.2, 0.25) is 15.3 Å². The van der Waals surface area contributed by atoms with E-state index in [1.165, 1.54) is 24.3 Å². The van der Waals surface area contributed by atoms with Crippen molar-refractivity contribution in [1.82, 2.24) is 4.98 Å². The Balaban J connectivity index is 2.31. The molecule has 1 aromatic carbocycles. The van der Waals surface area contributed by atoms with Gasteiger partial charge in [-0.2, -0.15) is 0 Å². The van der Waals surface area contributed by atoms with Crippen molar-refractivity contribution in [3.8, 4) is 0 Å². The maximum absolute atomic E-state index is 12.1. The Hall–Kier alpha value is -1.89. The molecule has 6 nitrogen and oxygen atoms in total. The van der Waals surface area contributed by atoms with Crippen LogP contribution in [-0.2, 0) is 0 Å². The Bertz CT molecular complexity index is 717. The van der Waals surface area contributed by atoms with Gasteiger partial charge < -0.3 is 5.32 Å². The number of carbonyl (C=O) groups is 1. The van der Waals surface area contributed by atoms with Gasteiger partial charge in [0.2, 0.25) is 0 Å². The number of pyridine rings is 1. The SMILES string of the molecule is O=C(Nc1cc([N+](=O)[O-])ccc1Cl)c1cc(Cl)nc(Cl)c1. The van der Waals surface area contributed by atoms with Crippen molar-refractivity contribution < 1.29 is 9.72 Å². The van der Waals surface area contributed by atoms with Gasteiger partial charge in [-0.25, -0.2) is 4.98 Å². The van der Waals surface area contributed by atoms with Crippen LogP contribution < -0.4 is 5.32 Å². The zero-order valence-electron chi connectivity index (χ0n) is 10.1. The van der Waals surface area contributed by atoms with Gasteiger partial charge in [0, 0.05) is 17.7 Å². The summed E-state index contributed by atoms with van der Waals surface area (Å²) in [4.78, 5) is 25.9. The van der Waals surface area contributed by atoms with E-state index in [1.54, 1.807) is 0 Å². The van der Waals surface area contributed by atoms with Crippen molar-refractivity contribution >= 4 is 52.1 Å². The fraction of sp³-hybridized carbons (Fsp3) is 0. The minimum atomic E-state index is -0.591. The first-order valence-corrected chi connectivity index (χ1v) is 6.58.